The average Bonchev–Trinajstić information content (AvgIpc) is 2.95. The van der Waals surface area contributed by atoms with Crippen LogP contribution in [0.25, 0.3) is 0 Å². The first-order chi connectivity index (χ1) is 12.1. The molecule has 25 heavy (non-hydrogen) atoms. The molecule has 0 radical (unpaired) electrons. The van der Waals surface area contributed by atoms with Crippen LogP contribution in [-0.2, 0) is 37.1 Å². The summed E-state index contributed by atoms with van der Waals surface area (Å²) in [5, 5.41) is 13.7. The lowest BCUT2D eigenvalue weighted by Crippen LogP contribution is -2.28. The van der Waals surface area contributed by atoms with Crippen molar-refractivity contribution in [2.24, 2.45) is 0 Å². The molecule has 2 aromatic rings. The number of rotatable bonds is 7. The van der Waals surface area contributed by atoms with Crippen molar-refractivity contribution in [3.8, 4) is 5.75 Å². The van der Waals surface area contributed by atoms with Crippen LogP contribution in [0.5, 0.6) is 5.75 Å². The Hall–Kier alpha value is -2.34. The Labute approximate surface area is 148 Å². The van der Waals surface area contributed by atoms with Gasteiger partial charge in [0.1, 0.15) is 5.75 Å². The molecule has 0 aliphatic carbocycles. The highest BCUT2D eigenvalue weighted by Gasteiger charge is 2.23. The highest BCUT2D eigenvalue weighted by Crippen LogP contribution is 2.24. The van der Waals surface area contributed by atoms with Crippen molar-refractivity contribution < 1.29 is 14.6 Å². The number of nitrogens with zero attached hydrogens (tertiary/aromatic N) is 3. The van der Waals surface area contributed by atoms with Crippen LogP contribution in [0.15, 0.2) is 24.3 Å². The van der Waals surface area contributed by atoms with Crippen LogP contribution in [0.3, 0.4) is 0 Å². The second-order valence-electron chi connectivity index (χ2n) is 6.57. The van der Waals surface area contributed by atoms with Gasteiger partial charge in [0.05, 0.1) is 25.8 Å². The molecule has 0 unspecified atom stereocenters. The molecule has 0 atom stereocenters. The molecule has 2 heterocycles. The quantitative estimate of drug-likeness (QED) is 0.834. The van der Waals surface area contributed by atoms with Gasteiger partial charge in [-0.05, 0) is 37.6 Å². The van der Waals surface area contributed by atoms with E-state index in [0.717, 1.165) is 43.8 Å². The van der Waals surface area contributed by atoms with Crippen LogP contribution < -0.4 is 4.74 Å². The van der Waals surface area contributed by atoms with E-state index >= 15 is 0 Å². The maximum Gasteiger partial charge on any atom is 0.305 e. The molecule has 1 aliphatic rings. The van der Waals surface area contributed by atoms with Gasteiger partial charge in [-0.2, -0.15) is 5.10 Å². The molecule has 0 saturated heterocycles. The third-order valence-electron chi connectivity index (χ3n) is 4.76. The molecule has 0 saturated carbocycles. The number of fused-ring (bicyclic) bond motifs is 1. The number of carboxylic acid groups (broad SMARTS) is 1. The maximum absolute atomic E-state index is 10.9. The van der Waals surface area contributed by atoms with Crippen molar-refractivity contribution >= 4 is 5.97 Å². The number of carboxylic acids is 1. The zero-order valence-corrected chi connectivity index (χ0v) is 14.9. The van der Waals surface area contributed by atoms with Crippen LogP contribution in [0.2, 0.25) is 0 Å². The first-order valence-electron chi connectivity index (χ1n) is 8.67. The molecule has 0 fully saturated rings. The van der Waals surface area contributed by atoms with E-state index in [1.54, 1.807) is 7.11 Å². The van der Waals surface area contributed by atoms with Crippen molar-refractivity contribution in [2.75, 3.05) is 20.7 Å². The summed E-state index contributed by atoms with van der Waals surface area (Å²) in [7, 11) is 3.78. The van der Waals surface area contributed by atoms with E-state index in [1.807, 2.05) is 16.8 Å². The summed E-state index contributed by atoms with van der Waals surface area (Å²) in [6.07, 6.45) is 2.82. The van der Waals surface area contributed by atoms with Gasteiger partial charge in [-0.25, -0.2) is 0 Å². The molecule has 0 spiro atoms. The number of aliphatic carboxylic acids is 1. The second-order valence-corrected chi connectivity index (χ2v) is 6.57. The lowest BCUT2D eigenvalue weighted by Gasteiger charge is -2.23. The number of hydrogen-bond acceptors (Lipinski definition) is 4. The number of carbonyl (C=O) groups is 1. The number of aromatic nitrogens is 2. The van der Waals surface area contributed by atoms with Crippen LogP contribution in [0.1, 0.15) is 28.9 Å². The van der Waals surface area contributed by atoms with Crippen molar-refractivity contribution in [2.45, 2.75) is 38.8 Å². The van der Waals surface area contributed by atoms with Gasteiger partial charge < -0.3 is 14.7 Å². The Morgan fingerprint density at radius 1 is 1.28 bits per heavy atom. The molecule has 3 rings (SSSR count). The molecule has 1 aromatic carbocycles. The number of aryl methyl sites for hydroxylation is 3. The predicted octanol–water partition coefficient (Wildman–Crippen LogP) is 2.14. The van der Waals surface area contributed by atoms with E-state index in [9.17, 15) is 4.79 Å². The summed E-state index contributed by atoms with van der Waals surface area (Å²) in [5.41, 5.74) is 4.85. The van der Waals surface area contributed by atoms with Gasteiger partial charge in [0, 0.05) is 30.8 Å². The number of ether oxygens (including phenoxy) is 1. The summed E-state index contributed by atoms with van der Waals surface area (Å²) in [6.45, 7) is 2.33. The monoisotopic (exact) mass is 343 g/mol. The number of hydrogen-bond donors (Lipinski definition) is 1. The van der Waals surface area contributed by atoms with Gasteiger partial charge in [-0.1, -0.05) is 12.1 Å². The van der Waals surface area contributed by atoms with Gasteiger partial charge in [-0.15, -0.1) is 0 Å². The molecular weight excluding hydrogens is 318 g/mol. The van der Waals surface area contributed by atoms with Gasteiger partial charge in [0.2, 0.25) is 0 Å². The van der Waals surface area contributed by atoms with E-state index in [2.05, 4.69) is 24.1 Å². The van der Waals surface area contributed by atoms with Crippen molar-refractivity contribution in [1.82, 2.24) is 14.7 Å². The van der Waals surface area contributed by atoms with E-state index in [1.165, 1.54) is 16.8 Å². The Morgan fingerprint density at radius 3 is 2.72 bits per heavy atom. The van der Waals surface area contributed by atoms with Gasteiger partial charge in [0.25, 0.3) is 0 Å². The minimum atomic E-state index is -0.781. The van der Waals surface area contributed by atoms with Crippen LogP contribution in [0.4, 0.5) is 0 Å². The Bertz CT molecular complexity index is 737. The largest absolute Gasteiger partial charge is 0.497 e. The number of benzene rings is 1. The molecule has 6 nitrogen and oxygen atoms in total. The molecule has 1 aromatic heterocycles. The van der Waals surface area contributed by atoms with Gasteiger partial charge in [0.15, 0.2) is 0 Å². The SMILES string of the molecule is COc1ccc(CCc2nn(CCC(=O)O)c3c2CN(C)CC3)cc1. The summed E-state index contributed by atoms with van der Waals surface area (Å²) in [4.78, 5) is 13.2. The van der Waals surface area contributed by atoms with Crippen molar-refractivity contribution in [3.63, 3.8) is 0 Å². The van der Waals surface area contributed by atoms with E-state index in [-0.39, 0.29) is 6.42 Å². The highest BCUT2D eigenvalue weighted by molar-refractivity contribution is 5.66. The van der Waals surface area contributed by atoms with Crippen LogP contribution in [-0.4, -0.2) is 46.5 Å². The third kappa shape index (κ3) is 4.20. The number of methoxy groups -OCH3 is 1. The molecule has 6 heteroatoms. The number of likely N-dealkylation sites (N-methyl/N-ethyl adjacent to an activating group) is 1. The van der Waals surface area contributed by atoms with E-state index in [4.69, 9.17) is 14.9 Å². The van der Waals surface area contributed by atoms with E-state index in [0.29, 0.717) is 6.54 Å². The molecule has 0 amide bonds. The summed E-state index contributed by atoms with van der Waals surface area (Å²) in [6, 6.07) is 8.12. The molecule has 0 bridgehead atoms. The van der Waals surface area contributed by atoms with Gasteiger partial charge in [-0.3, -0.25) is 9.48 Å². The second kappa shape index (κ2) is 7.70. The highest BCUT2D eigenvalue weighted by atomic mass is 16.5. The standard InChI is InChI=1S/C19H25N3O3/c1-21-11-9-18-16(13-21)17(20-22(18)12-10-19(23)24)8-5-14-3-6-15(25-2)7-4-14/h3-4,6-7H,5,8-13H2,1-2H3,(H,23,24). The Balaban J connectivity index is 1.76. The first-order valence-corrected chi connectivity index (χ1v) is 8.67. The third-order valence-corrected chi connectivity index (χ3v) is 4.76. The summed E-state index contributed by atoms with van der Waals surface area (Å²) in [5.74, 6) is 0.0812. The van der Waals surface area contributed by atoms with Crippen LogP contribution in [0, 0.1) is 0 Å². The first kappa shape index (κ1) is 17.5. The smallest absolute Gasteiger partial charge is 0.305 e. The zero-order valence-electron chi connectivity index (χ0n) is 14.9. The minimum absolute atomic E-state index is 0.113. The van der Waals surface area contributed by atoms with Crippen molar-refractivity contribution in [3.05, 3.63) is 46.8 Å². The fraction of sp³-hybridized carbons (Fsp3) is 0.474. The van der Waals surface area contributed by atoms with Crippen molar-refractivity contribution in [1.29, 1.82) is 0 Å². The Kier molecular flexibility index (Phi) is 5.38. The summed E-state index contributed by atoms with van der Waals surface area (Å²) < 4.78 is 7.12. The fourth-order valence-electron chi connectivity index (χ4n) is 3.34. The lowest BCUT2D eigenvalue weighted by molar-refractivity contribution is -0.137. The lowest BCUT2D eigenvalue weighted by atomic mass is 10.0. The maximum atomic E-state index is 10.9. The molecule has 134 valence electrons. The Morgan fingerprint density at radius 2 is 2.04 bits per heavy atom. The fourth-order valence-corrected chi connectivity index (χ4v) is 3.34. The average molecular weight is 343 g/mol. The zero-order chi connectivity index (χ0) is 17.8. The topological polar surface area (TPSA) is 67.6 Å². The normalized spacial score (nSPS) is 14.3. The van der Waals surface area contributed by atoms with Crippen LogP contribution >= 0.6 is 0 Å². The molecular formula is C19H25N3O3. The molecule has 1 aliphatic heterocycles. The van der Waals surface area contributed by atoms with Gasteiger partial charge >= 0.3 is 5.97 Å². The molecule has 1 N–H and O–H groups in total. The minimum Gasteiger partial charge on any atom is -0.497 e. The summed E-state index contributed by atoms with van der Waals surface area (Å²) >= 11 is 0. The van der Waals surface area contributed by atoms with E-state index < -0.39 is 5.97 Å². The predicted molar refractivity (Wildman–Crippen MR) is 94.9 cm³/mol.